The van der Waals surface area contributed by atoms with Crippen LogP contribution in [0.3, 0.4) is 0 Å². The molecule has 2 aromatic rings. The number of nitrogens with one attached hydrogen (secondary N) is 1. The Morgan fingerprint density at radius 3 is 2.45 bits per heavy atom. The van der Waals surface area contributed by atoms with Crippen LogP contribution in [0.5, 0.6) is 0 Å². The molecule has 0 radical (unpaired) electrons. The van der Waals surface area contributed by atoms with Gasteiger partial charge in [0.2, 0.25) is 0 Å². The number of aliphatic hydroxyl groups is 1. The molecule has 0 atom stereocenters. The molecule has 1 saturated carbocycles. The topological polar surface area (TPSA) is 58.6 Å². The van der Waals surface area contributed by atoms with Gasteiger partial charge in [-0.2, -0.15) is 0 Å². The molecule has 1 amide bonds. The third kappa shape index (κ3) is 3.67. The highest BCUT2D eigenvalue weighted by molar-refractivity contribution is 6.30. The maximum Gasteiger partial charge on any atom is 0.256 e. The van der Waals surface area contributed by atoms with E-state index < -0.39 is 5.54 Å². The summed E-state index contributed by atoms with van der Waals surface area (Å²) >= 11 is 6.01. The molecule has 0 aromatic heterocycles. The van der Waals surface area contributed by atoms with Gasteiger partial charge in [-0.3, -0.25) is 4.79 Å². The number of methoxy groups -OCH3 is 1. The average molecular weight is 412 g/mol. The fourth-order valence-corrected chi connectivity index (χ4v) is 4.71. The third-order valence-electron chi connectivity index (χ3n) is 6.32. The summed E-state index contributed by atoms with van der Waals surface area (Å²) in [5, 5.41) is 15.0. The highest BCUT2D eigenvalue weighted by atomic mass is 35.5. The van der Waals surface area contributed by atoms with Crippen LogP contribution in [0.25, 0.3) is 16.7 Å². The van der Waals surface area contributed by atoms with E-state index in [1.807, 2.05) is 49.4 Å². The first-order valence-electron chi connectivity index (χ1n) is 10.1. The summed E-state index contributed by atoms with van der Waals surface area (Å²) < 4.78 is 5.28. The van der Waals surface area contributed by atoms with E-state index in [9.17, 15) is 9.90 Å². The summed E-state index contributed by atoms with van der Waals surface area (Å²) in [6.45, 7) is 2.69. The van der Waals surface area contributed by atoms with Crippen LogP contribution >= 0.6 is 11.6 Å². The first-order valence-corrected chi connectivity index (χ1v) is 10.4. The minimum atomic E-state index is -0.640. The molecular weight excluding hydrogens is 386 g/mol. The Labute approximate surface area is 176 Å². The second-order valence-corrected chi connectivity index (χ2v) is 8.63. The number of amides is 1. The van der Waals surface area contributed by atoms with Crippen molar-refractivity contribution in [2.45, 2.75) is 38.1 Å². The van der Waals surface area contributed by atoms with E-state index in [2.05, 4.69) is 5.32 Å². The Balaban J connectivity index is 1.70. The Morgan fingerprint density at radius 1 is 1.14 bits per heavy atom. The Hall–Kier alpha value is -2.30. The number of carbonyl (C=O) groups is 1. The summed E-state index contributed by atoms with van der Waals surface area (Å²) in [7, 11) is 1.72. The molecule has 4 nitrogen and oxygen atoms in total. The van der Waals surface area contributed by atoms with Gasteiger partial charge in [0, 0.05) is 18.7 Å². The average Bonchev–Trinajstić information content (AvgIpc) is 2.95. The first kappa shape index (κ1) is 20.0. The molecule has 1 aliphatic heterocycles. The summed E-state index contributed by atoms with van der Waals surface area (Å²) in [5.41, 5.74) is 3.51. The van der Waals surface area contributed by atoms with Crippen LogP contribution in [0.15, 0.2) is 48.2 Å². The van der Waals surface area contributed by atoms with Gasteiger partial charge in [-0.25, -0.2) is 0 Å². The summed E-state index contributed by atoms with van der Waals surface area (Å²) in [6.07, 6.45) is 3.32. The van der Waals surface area contributed by atoms with Crippen molar-refractivity contribution in [1.29, 1.82) is 0 Å². The van der Waals surface area contributed by atoms with Gasteiger partial charge in [0.15, 0.2) is 0 Å². The zero-order valence-corrected chi connectivity index (χ0v) is 17.6. The van der Waals surface area contributed by atoms with Crippen LogP contribution in [-0.2, 0) is 9.53 Å². The van der Waals surface area contributed by atoms with Crippen LogP contribution in [0.2, 0.25) is 5.02 Å². The van der Waals surface area contributed by atoms with Crippen LogP contribution in [0.4, 0.5) is 0 Å². The highest BCUT2D eigenvalue weighted by Crippen LogP contribution is 2.43. The monoisotopic (exact) mass is 411 g/mol. The molecule has 1 heterocycles. The van der Waals surface area contributed by atoms with Crippen LogP contribution in [0.1, 0.15) is 36.8 Å². The van der Waals surface area contributed by atoms with Crippen molar-refractivity contribution in [3.63, 3.8) is 0 Å². The number of ether oxygens (including phenoxy) is 1. The van der Waals surface area contributed by atoms with E-state index in [0.29, 0.717) is 16.5 Å². The molecule has 5 heteroatoms. The third-order valence-corrected chi connectivity index (χ3v) is 6.57. The molecule has 0 unspecified atom stereocenters. The van der Waals surface area contributed by atoms with Gasteiger partial charge in [-0.05, 0) is 79.0 Å². The van der Waals surface area contributed by atoms with Crippen LogP contribution in [0, 0.1) is 12.8 Å². The summed E-state index contributed by atoms with van der Waals surface area (Å²) in [4.78, 5) is 12.9. The number of hydrogen-bond acceptors (Lipinski definition) is 3. The minimum Gasteiger partial charge on any atom is -0.509 e. The molecule has 0 bridgehead atoms. The van der Waals surface area contributed by atoms with Crippen molar-refractivity contribution >= 4 is 23.1 Å². The van der Waals surface area contributed by atoms with E-state index in [1.54, 1.807) is 7.11 Å². The second kappa shape index (κ2) is 7.85. The number of carbonyl (C=O) groups excluding carboxylic acids is 1. The number of benzene rings is 2. The fraction of sp³-hybridized carbons (Fsp3) is 0.375. The Bertz CT molecular complexity index is 957. The first-order chi connectivity index (χ1) is 13.9. The SMILES string of the molecule is COCC1CCC2(CC1)NC(=O)C(c1cc(-c3ccc(Cl)cc3)ccc1C)=C2O. The molecule has 2 N–H and O–H groups in total. The highest BCUT2D eigenvalue weighted by Gasteiger charge is 2.48. The van der Waals surface area contributed by atoms with Crippen molar-refractivity contribution in [3.05, 3.63) is 64.4 Å². The van der Waals surface area contributed by atoms with Crippen LogP contribution in [-0.4, -0.2) is 30.3 Å². The lowest BCUT2D eigenvalue weighted by atomic mass is 9.76. The molecule has 2 aromatic carbocycles. The fourth-order valence-electron chi connectivity index (χ4n) is 4.58. The zero-order chi connectivity index (χ0) is 20.6. The number of aliphatic hydroxyl groups excluding tert-OH is 1. The standard InChI is InChI=1S/C24H26ClNO3/c1-15-3-4-18(17-5-7-19(25)8-6-17)13-20(15)21-22(27)24(26-23(21)28)11-9-16(10-12-24)14-29-2/h3-8,13,16,27H,9-12,14H2,1-2H3,(H,26,28). The lowest BCUT2D eigenvalue weighted by molar-refractivity contribution is -0.116. The van der Waals surface area contributed by atoms with E-state index in [-0.39, 0.29) is 11.7 Å². The van der Waals surface area contributed by atoms with E-state index >= 15 is 0 Å². The molecule has 1 fully saturated rings. The van der Waals surface area contributed by atoms with Gasteiger partial charge in [0.1, 0.15) is 5.76 Å². The number of aryl methyl sites for hydroxylation is 1. The van der Waals surface area contributed by atoms with Gasteiger partial charge in [-0.15, -0.1) is 0 Å². The molecule has 152 valence electrons. The lowest BCUT2D eigenvalue weighted by Gasteiger charge is -2.37. The normalized spacial score (nSPS) is 24.2. The molecule has 0 saturated heterocycles. The predicted molar refractivity (Wildman–Crippen MR) is 116 cm³/mol. The van der Waals surface area contributed by atoms with Gasteiger partial charge in [0.25, 0.3) is 5.91 Å². The number of rotatable bonds is 4. The Morgan fingerprint density at radius 2 is 1.79 bits per heavy atom. The summed E-state index contributed by atoms with van der Waals surface area (Å²) in [6, 6.07) is 13.6. The van der Waals surface area contributed by atoms with Gasteiger partial charge in [-0.1, -0.05) is 35.9 Å². The molecule has 2 aliphatic rings. The van der Waals surface area contributed by atoms with Crippen molar-refractivity contribution in [2.75, 3.05) is 13.7 Å². The minimum absolute atomic E-state index is 0.190. The van der Waals surface area contributed by atoms with Crippen LogP contribution < -0.4 is 5.32 Å². The predicted octanol–water partition coefficient (Wildman–Crippen LogP) is 5.29. The van der Waals surface area contributed by atoms with Gasteiger partial charge < -0.3 is 15.2 Å². The zero-order valence-electron chi connectivity index (χ0n) is 16.8. The van der Waals surface area contributed by atoms with E-state index in [1.165, 1.54) is 0 Å². The van der Waals surface area contributed by atoms with Crippen molar-refractivity contribution < 1.29 is 14.6 Å². The van der Waals surface area contributed by atoms with Crippen molar-refractivity contribution in [1.82, 2.24) is 5.32 Å². The van der Waals surface area contributed by atoms with Crippen molar-refractivity contribution in [3.8, 4) is 11.1 Å². The van der Waals surface area contributed by atoms with Gasteiger partial charge >= 0.3 is 0 Å². The quantitative estimate of drug-likeness (QED) is 0.718. The lowest BCUT2D eigenvalue weighted by Crippen LogP contribution is -2.47. The van der Waals surface area contributed by atoms with Crippen molar-refractivity contribution in [2.24, 2.45) is 5.92 Å². The molecule has 29 heavy (non-hydrogen) atoms. The van der Waals surface area contributed by atoms with E-state index in [0.717, 1.165) is 54.5 Å². The number of hydrogen-bond donors (Lipinski definition) is 2. The molecule has 1 spiro atoms. The largest absolute Gasteiger partial charge is 0.509 e. The van der Waals surface area contributed by atoms with Gasteiger partial charge in [0.05, 0.1) is 11.1 Å². The summed E-state index contributed by atoms with van der Waals surface area (Å²) in [5.74, 6) is 0.480. The maximum atomic E-state index is 12.9. The second-order valence-electron chi connectivity index (χ2n) is 8.20. The smallest absolute Gasteiger partial charge is 0.256 e. The van der Waals surface area contributed by atoms with E-state index in [4.69, 9.17) is 16.3 Å². The number of halogens is 1. The molecular formula is C24H26ClNO3. The maximum absolute atomic E-state index is 12.9. The molecule has 1 aliphatic carbocycles. The Kier molecular flexibility index (Phi) is 5.41. The molecule has 4 rings (SSSR count).